The van der Waals surface area contributed by atoms with Crippen molar-refractivity contribution in [3.05, 3.63) is 108 Å². The lowest BCUT2D eigenvalue weighted by Gasteiger charge is -2.23. The number of carbonyl (C=O) groups excluding carboxylic acids is 2. The van der Waals surface area contributed by atoms with Crippen LogP contribution in [0.5, 0.6) is 0 Å². The lowest BCUT2D eigenvalue weighted by atomic mass is 10.1. The fraction of sp³-hybridized carbons (Fsp3) is 0.115. The van der Waals surface area contributed by atoms with Crippen LogP contribution in [0.4, 0.5) is 17.2 Å². The molecule has 33 heavy (non-hydrogen) atoms. The first-order valence-electron chi connectivity index (χ1n) is 10.7. The van der Waals surface area contributed by atoms with Gasteiger partial charge in [0.15, 0.2) is 0 Å². The maximum absolute atomic E-state index is 13.5. The van der Waals surface area contributed by atoms with Gasteiger partial charge in [0, 0.05) is 48.6 Å². The zero-order chi connectivity index (χ0) is 22.8. The minimum Gasteiger partial charge on any atom is -0.372 e. The van der Waals surface area contributed by atoms with Crippen molar-refractivity contribution in [3.8, 4) is 0 Å². The Bertz CT molecular complexity index is 1330. The molecule has 7 nitrogen and oxygen atoms in total. The third kappa shape index (κ3) is 3.96. The molecular weight excluding hydrogens is 414 g/mol. The largest absolute Gasteiger partial charge is 0.372 e. The minimum absolute atomic E-state index is 0.0836. The summed E-state index contributed by atoms with van der Waals surface area (Å²) in [6, 6.07) is 22.4. The van der Waals surface area contributed by atoms with E-state index in [9.17, 15) is 9.59 Å². The molecule has 0 atom stereocenters. The molecule has 2 aromatic heterocycles. The van der Waals surface area contributed by atoms with E-state index in [0.717, 1.165) is 23.5 Å². The summed E-state index contributed by atoms with van der Waals surface area (Å²) in [6.07, 6.45) is 3.67. The molecule has 1 aliphatic rings. The van der Waals surface area contributed by atoms with Crippen LogP contribution in [0.3, 0.4) is 0 Å². The summed E-state index contributed by atoms with van der Waals surface area (Å²) in [5.41, 5.74) is 4.71. The van der Waals surface area contributed by atoms with Crippen LogP contribution >= 0.6 is 0 Å². The van der Waals surface area contributed by atoms with Gasteiger partial charge in [0.05, 0.1) is 12.1 Å². The number of hydrogen-bond donors (Lipinski definition) is 2. The van der Waals surface area contributed by atoms with Crippen LogP contribution in [-0.2, 0) is 13.1 Å². The molecule has 164 valence electrons. The number of pyridine rings is 1. The van der Waals surface area contributed by atoms with Crippen molar-refractivity contribution < 1.29 is 9.59 Å². The molecule has 0 radical (unpaired) electrons. The molecule has 3 heterocycles. The van der Waals surface area contributed by atoms with E-state index in [0.29, 0.717) is 29.2 Å². The second kappa shape index (κ2) is 8.63. The molecule has 0 unspecified atom stereocenters. The monoisotopic (exact) mass is 437 g/mol. The quantitative estimate of drug-likeness (QED) is 0.496. The van der Waals surface area contributed by atoms with Gasteiger partial charge in [-0.2, -0.15) is 0 Å². The molecule has 2 aromatic carbocycles. The van der Waals surface area contributed by atoms with Gasteiger partial charge in [-0.05, 0) is 60.2 Å². The van der Waals surface area contributed by atoms with Gasteiger partial charge in [-0.15, -0.1) is 0 Å². The number of fused-ring (bicyclic) bond motifs is 2. The lowest BCUT2D eigenvalue weighted by Crippen LogP contribution is -2.30. The maximum Gasteiger partial charge on any atom is 0.259 e. The Hall–Kier alpha value is -4.39. The Morgan fingerprint density at radius 2 is 1.73 bits per heavy atom. The summed E-state index contributed by atoms with van der Waals surface area (Å²) < 4.78 is 2.17. The molecule has 7 heteroatoms. The number of amides is 2. The van der Waals surface area contributed by atoms with E-state index in [1.54, 1.807) is 49.6 Å². The Balaban J connectivity index is 1.38. The van der Waals surface area contributed by atoms with Gasteiger partial charge in [-0.25, -0.2) is 4.98 Å². The van der Waals surface area contributed by atoms with Crippen LogP contribution in [0, 0.1) is 0 Å². The molecule has 0 aliphatic carbocycles. The van der Waals surface area contributed by atoms with Crippen LogP contribution in [0.2, 0.25) is 0 Å². The van der Waals surface area contributed by atoms with Gasteiger partial charge >= 0.3 is 0 Å². The van der Waals surface area contributed by atoms with E-state index in [2.05, 4.69) is 26.3 Å². The number of para-hydroxylation sites is 1. The predicted molar refractivity (Wildman–Crippen MR) is 129 cm³/mol. The van der Waals surface area contributed by atoms with Crippen molar-refractivity contribution in [2.75, 3.05) is 22.6 Å². The first-order valence-corrected chi connectivity index (χ1v) is 10.7. The molecule has 0 saturated carbocycles. The average molecular weight is 438 g/mol. The summed E-state index contributed by atoms with van der Waals surface area (Å²) in [5, 5.41) is 5.78. The number of nitrogens with one attached hydrogen (secondary N) is 2. The van der Waals surface area contributed by atoms with E-state index in [4.69, 9.17) is 0 Å². The summed E-state index contributed by atoms with van der Waals surface area (Å²) in [5.74, 6) is 0.153. The fourth-order valence-corrected chi connectivity index (χ4v) is 4.11. The maximum atomic E-state index is 13.5. The lowest BCUT2D eigenvalue weighted by molar-refractivity contribution is 0.0983. The third-order valence-electron chi connectivity index (χ3n) is 5.79. The molecule has 0 saturated heterocycles. The fourth-order valence-electron chi connectivity index (χ4n) is 4.11. The van der Waals surface area contributed by atoms with Gasteiger partial charge in [0.25, 0.3) is 11.8 Å². The molecule has 5 rings (SSSR count). The smallest absolute Gasteiger partial charge is 0.259 e. The Kier molecular flexibility index (Phi) is 5.36. The van der Waals surface area contributed by atoms with Gasteiger partial charge in [0.1, 0.15) is 5.82 Å². The third-order valence-corrected chi connectivity index (χ3v) is 5.79. The first kappa shape index (κ1) is 20.5. The molecular formula is C26H23N5O2. The normalized spacial score (nSPS) is 12.3. The SMILES string of the molecule is CNc1ncccc1C(=O)Nc1ccc(C(=O)N2Cc3cccn3Cc3ccccc32)cc1. The second-order valence-electron chi connectivity index (χ2n) is 7.83. The molecule has 0 spiro atoms. The molecule has 0 bridgehead atoms. The van der Waals surface area contributed by atoms with Crippen LogP contribution in [0.1, 0.15) is 32.0 Å². The molecule has 0 fully saturated rings. The number of nitrogens with zero attached hydrogens (tertiary/aromatic N) is 3. The van der Waals surface area contributed by atoms with Gasteiger partial charge in [-0.3, -0.25) is 9.59 Å². The van der Waals surface area contributed by atoms with Gasteiger partial charge in [-0.1, -0.05) is 18.2 Å². The number of hydrogen-bond acceptors (Lipinski definition) is 4. The zero-order valence-corrected chi connectivity index (χ0v) is 18.2. The van der Waals surface area contributed by atoms with E-state index in [-0.39, 0.29) is 11.8 Å². The summed E-state index contributed by atoms with van der Waals surface area (Å²) in [4.78, 5) is 32.1. The molecule has 1 aliphatic heterocycles. The topological polar surface area (TPSA) is 79.3 Å². The standard InChI is InChI=1S/C26H23N5O2/c1-27-24-22(8-4-14-28-24)25(32)29-20-12-10-18(11-13-20)26(33)31-17-21-7-5-15-30(21)16-19-6-2-3-9-23(19)31/h2-15H,16-17H2,1H3,(H,27,28)(H,29,32). The van der Waals surface area contributed by atoms with Crippen molar-refractivity contribution in [3.63, 3.8) is 0 Å². The van der Waals surface area contributed by atoms with Crippen LogP contribution < -0.4 is 15.5 Å². The highest BCUT2D eigenvalue weighted by Gasteiger charge is 2.24. The van der Waals surface area contributed by atoms with Crippen LogP contribution in [0.15, 0.2) is 85.2 Å². The number of aromatic nitrogens is 2. The Labute approximate surface area is 191 Å². The van der Waals surface area contributed by atoms with Crippen molar-refractivity contribution in [1.82, 2.24) is 9.55 Å². The average Bonchev–Trinajstić information content (AvgIpc) is 3.23. The van der Waals surface area contributed by atoms with E-state index < -0.39 is 0 Å². The van der Waals surface area contributed by atoms with Crippen molar-refractivity contribution in [1.29, 1.82) is 0 Å². The molecule has 4 aromatic rings. The highest BCUT2D eigenvalue weighted by atomic mass is 16.2. The summed E-state index contributed by atoms with van der Waals surface area (Å²) in [7, 11) is 1.72. The van der Waals surface area contributed by atoms with Gasteiger partial charge < -0.3 is 20.1 Å². The second-order valence-corrected chi connectivity index (χ2v) is 7.83. The molecule has 2 amide bonds. The summed E-state index contributed by atoms with van der Waals surface area (Å²) >= 11 is 0. The highest BCUT2D eigenvalue weighted by molar-refractivity contribution is 6.09. The number of benzene rings is 2. The Morgan fingerprint density at radius 1 is 0.909 bits per heavy atom. The Morgan fingerprint density at radius 3 is 2.55 bits per heavy atom. The van der Waals surface area contributed by atoms with E-state index >= 15 is 0 Å². The van der Waals surface area contributed by atoms with Gasteiger partial charge in [0.2, 0.25) is 0 Å². The predicted octanol–water partition coefficient (Wildman–Crippen LogP) is 4.39. The zero-order valence-electron chi connectivity index (χ0n) is 18.2. The van der Waals surface area contributed by atoms with Crippen molar-refractivity contribution >= 4 is 29.0 Å². The number of rotatable bonds is 4. The molecule has 2 N–H and O–H groups in total. The van der Waals surface area contributed by atoms with E-state index in [1.807, 2.05) is 41.4 Å². The summed E-state index contributed by atoms with van der Waals surface area (Å²) in [6.45, 7) is 1.23. The van der Waals surface area contributed by atoms with Crippen molar-refractivity contribution in [2.24, 2.45) is 0 Å². The van der Waals surface area contributed by atoms with Crippen LogP contribution in [-0.4, -0.2) is 28.4 Å². The van der Waals surface area contributed by atoms with Crippen molar-refractivity contribution in [2.45, 2.75) is 13.1 Å². The van der Waals surface area contributed by atoms with Crippen LogP contribution in [0.25, 0.3) is 0 Å². The number of carbonyl (C=O) groups is 2. The van der Waals surface area contributed by atoms with E-state index in [1.165, 1.54) is 0 Å². The minimum atomic E-state index is -0.270. The first-order chi connectivity index (χ1) is 16.1. The number of anilines is 3. The highest BCUT2D eigenvalue weighted by Crippen LogP contribution is 2.29.